The third kappa shape index (κ3) is 2.69. The number of pyridine rings is 1. The van der Waals surface area contributed by atoms with Crippen LogP contribution in [0, 0.1) is 0 Å². The maximum absolute atomic E-state index is 5.98. The maximum atomic E-state index is 5.98. The molecule has 0 bridgehead atoms. The SMILES string of the molecule is CC(c1ccc(Br)cc1)n1cncc1-c1cccnc1N. The van der Waals surface area contributed by atoms with Gasteiger partial charge in [-0.1, -0.05) is 28.1 Å². The van der Waals surface area contributed by atoms with Gasteiger partial charge in [0.25, 0.3) is 0 Å². The monoisotopic (exact) mass is 342 g/mol. The Morgan fingerprint density at radius 1 is 1.19 bits per heavy atom. The Hall–Kier alpha value is -2.14. The molecule has 1 atom stereocenters. The average Bonchev–Trinajstić information content (AvgIpc) is 2.97. The van der Waals surface area contributed by atoms with Gasteiger partial charge in [0.15, 0.2) is 0 Å². The lowest BCUT2D eigenvalue weighted by Crippen LogP contribution is -2.08. The standard InChI is InChI=1S/C16H15BrN4/c1-11(12-4-6-13(17)7-5-12)21-10-19-9-15(21)14-3-2-8-20-16(14)18/h2-11H,1H3,(H2,18,20). The number of nitrogens with zero attached hydrogens (tertiary/aromatic N) is 3. The van der Waals surface area contributed by atoms with Crippen LogP contribution in [0.2, 0.25) is 0 Å². The highest BCUT2D eigenvalue weighted by atomic mass is 79.9. The van der Waals surface area contributed by atoms with Crippen LogP contribution >= 0.6 is 15.9 Å². The topological polar surface area (TPSA) is 56.7 Å². The number of hydrogen-bond donors (Lipinski definition) is 1. The summed E-state index contributed by atoms with van der Waals surface area (Å²) in [6, 6.07) is 12.3. The predicted octanol–water partition coefficient (Wildman–Crippen LogP) is 3.90. The molecule has 0 spiro atoms. The van der Waals surface area contributed by atoms with Gasteiger partial charge in [0, 0.05) is 16.2 Å². The minimum atomic E-state index is 0.162. The van der Waals surface area contributed by atoms with Crippen LogP contribution in [0.25, 0.3) is 11.3 Å². The molecule has 0 aliphatic carbocycles. The number of rotatable bonds is 3. The first-order chi connectivity index (χ1) is 10.2. The lowest BCUT2D eigenvalue weighted by Gasteiger charge is -2.17. The first kappa shape index (κ1) is 13.8. The second kappa shape index (κ2) is 5.69. The van der Waals surface area contributed by atoms with Crippen LogP contribution in [0.4, 0.5) is 5.82 Å². The van der Waals surface area contributed by atoms with E-state index in [0.717, 1.165) is 15.7 Å². The quantitative estimate of drug-likeness (QED) is 0.785. The Kier molecular flexibility index (Phi) is 3.75. The van der Waals surface area contributed by atoms with E-state index in [1.54, 1.807) is 6.20 Å². The van der Waals surface area contributed by atoms with Gasteiger partial charge in [0.2, 0.25) is 0 Å². The van der Waals surface area contributed by atoms with Crippen molar-refractivity contribution in [2.24, 2.45) is 0 Å². The highest BCUT2D eigenvalue weighted by molar-refractivity contribution is 9.10. The fourth-order valence-electron chi connectivity index (χ4n) is 2.36. The lowest BCUT2D eigenvalue weighted by molar-refractivity contribution is 0.644. The summed E-state index contributed by atoms with van der Waals surface area (Å²) < 4.78 is 3.18. The molecular weight excluding hydrogens is 328 g/mol. The Bertz CT molecular complexity index is 749. The van der Waals surface area contributed by atoms with Gasteiger partial charge in [-0.15, -0.1) is 0 Å². The fourth-order valence-corrected chi connectivity index (χ4v) is 2.62. The van der Waals surface area contributed by atoms with Crippen LogP contribution in [-0.4, -0.2) is 14.5 Å². The summed E-state index contributed by atoms with van der Waals surface area (Å²) in [7, 11) is 0. The molecule has 1 aromatic carbocycles. The van der Waals surface area contributed by atoms with Crippen molar-refractivity contribution in [3.63, 3.8) is 0 Å². The van der Waals surface area contributed by atoms with E-state index in [-0.39, 0.29) is 6.04 Å². The molecule has 0 saturated carbocycles. The summed E-state index contributed by atoms with van der Waals surface area (Å²) in [5, 5.41) is 0. The first-order valence-electron chi connectivity index (χ1n) is 6.65. The molecule has 0 saturated heterocycles. The van der Waals surface area contributed by atoms with Crippen molar-refractivity contribution in [2.75, 3.05) is 5.73 Å². The van der Waals surface area contributed by atoms with Crippen molar-refractivity contribution in [2.45, 2.75) is 13.0 Å². The van der Waals surface area contributed by atoms with Gasteiger partial charge in [-0.25, -0.2) is 9.97 Å². The Labute approximate surface area is 131 Å². The fraction of sp³-hybridized carbons (Fsp3) is 0.125. The molecule has 0 amide bonds. The van der Waals surface area contributed by atoms with E-state index >= 15 is 0 Å². The molecule has 0 radical (unpaired) electrons. The van der Waals surface area contributed by atoms with Gasteiger partial charge in [-0.05, 0) is 36.8 Å². The van der Waals surface area contributed by atoms with Crippen LogP contribution in [-0.2, 0) is 0 Å². The molecule has 21 heavy (non-hydrogen) atoms. The maximum Gasteiger partial charge on any atom is 0.132 e. The van der Waals surface area contributed by atoms with Crippen molar-refractivity contribution in [3.8, 4) is 11.3 Å². The predicted molar refractivity (Wildman–Crippen MR) is 87.8 cm³/mol. The molecule has 2 heterocycles. The number of imidazole rings is 1. The molecule has 0 fully saturated rings. The normalized spacial score (nSPS) is 12.3. The van der Waals surface area contributed by atoms with Crippen molar-refractivity contribution >= 4 is 21.7 Å². The van der Waals surface area contributed by atoms with Gasteiger partial charge >= 0.3 is 0 Å². The van der Waals surface area contributed by atoms with Gasteiger partial charge < -0.3 is 10.3 Å². The minimum Gasteiger partial charge on any atom is -0.383 e. The summed E-state index contributed by atoms with van der Waals surface area (Å²) in [5.74, 6) is 0.516. The summed E-state index contributed by atoms with van der Waals surface area (Å²) in [4.78, 5) is 8.42. The van der Waals surface area contributed by atoms with Crippen molar-refractivity contribution in [1.82, 2.24) is 14.5 Å². The zero-order chi connectivity index (χ0) is 14.8. The summed E-state index contributed by atoms with van der Waals surface area (Å²) in [6.07, 6.45) is 5.34. The van der Waals surface area contributed by atoms with E-state index in [1.165, 1.54) is 5.56 Å². The Morgan fingerprint density at radius 2 is 1.95 bits per heavy atom. The number of halogens is 1. The molecule has 1 unspecified atom stereocenters. The summed E-state index contributed by atoms with van der Waals surface area (Å²) >= 11 is 3.46. The molecule has 2 N–H and O–H groups in total. The zero-order valence-corrected chi connectivity index (χ0v) is 13.2. The van der Waals surface area contributed by atoms with E-state index < -0.39 is 0 Å². The minimum absolute atomic E-state index is 0.162. The molecule has 0 aliphatic heterocycles. The van der Waals surface area contributed by atoms with Gasteiger partial charge in [-0.3, -0.25) is 0 Å². The summed E-state index contributed by atoms with van der Waals surface area (Å²) in [5.41, 5.74) is 9.06. The number of hydrogen-bond acceptors (Lipinski definition) is 3. The third-order valence-electron chi connectivity index (χ3n) is 3.55. The van der Waals surface area contributed by atoms with Crippen LogP contribution in [0.5, 0.6) is 0 Å². The zero-order valence-electron chi connectivity index (χ0n) is 11.6. The van der Waals surface area contributed by atoms with E-state index in [2.05, 4.69) is 49.5 Å². The van der Waals surface area contributed by atoms with Gasteiger partial charge in [0.1, 0.15) is 5.82 Å². The van der Waals surface area contributed by atoms with Crippen molar-refractivity contribution in [1.29, 1.82) is 0 Å². The highest BCUT2D eigenvalue weighted by Crippen LogP contribution is 2.29. The molecule has 4 nitrogen and oxygen atoms in total. The molecule has 3 rings (SSSR count). The average molecular weight is 343 g/mol. The molecule has 106 valence electrons. The van der Waals surface area contributed by atoms with Gasteiger partial charge in [-0.2, -0.15) is 0 Å². The lowest BCUT2D eigenvalue weighted by atomic mass is 10.1. The smallest absolute Gasteiger partial charge is 0.132 e. The van der Waals surface area contributed by atoms with Crippen LogP contribution in [0.15, 0.2) is 59.6 Å². The molecule has 0 aliphatic rings. The number of nitrogens with two attached hydrogens (primary N) is 1. The number of benzene rings is 1. The second-order valence-electron chi connectivity index (χ2n) is 4.85. The number of aromatic nitrogens is 3. The number of nitrogen functional groups attached to an aromatic ring is 1. The number of anilines is 1. The largest absolute Gasteiger partial charge is 0.383 e. The van der Waals surface area contributed by atoms with Crippen LogP contribution < -0.4 is 5.73 Å². The molecule has 5 heteroatoms. The van der Waals surface area contributed by atoms with Crippen molar-refractivity contribution in [3.05, 3.63) is 65.2 Å². The van der Waals surface area contributed by atoms with E-state index in [1.807, 2.05) is 36.8 Å². The molecule has 2 aromatic heterocycles. The molecule has 3 aromatic rings. The van der Waals surface area contributed by atoms with Crippen LogP contribution in [0.1, 0.15) is 18.5 Å². The van der Waals surface area contributed by atoms with Gasteiger partial charge in [0.05, 0.1) is 24.3 Å². The van der Waals surface area contributed by atoms with E-state index in [0.29, 0.717) is 5.82 Å². The van der Waals surface area contributed by atoms with E-state index in [9.17, 15) is 0 Å². The highest BCUT2D eigenvalue weighted by Gasteiger charge is 2.14. The van der Waals surface area contributed by atoms with E-state index in [4.69, 9.17) is 5.73 Å². The third-order valence-corrected chi connectivity index (χ3v) is 4.08. The Morgan fingerprint density at radius 3 is 2.67 bits per heavy atom. The second-order valence-corrected chi connectivity index (χ2v) is 5.77. The first-order valence-corrected chi connectivity index (χ1v) is 7.44. The summed E-state index contributed by atoms with van der Waals surface area (Å²) in [6.45, 7) is 2.14. The van der Waals surface area contributed by atoms with Crippen molar-refractivity contribution < 1.29 is 0 Å². The Balaban J connectivity index is 2.03. The molecular formula is C16H15BrN4. The van der Waals surface area contributed by atoms with Crippen LogP contribution in [0.3, 0.4) is 0 Å².